The average Bonchev–Trinajstić information content (AvgIpc) is 2.14. The van der Waals surface area contributed by atoms with Crippen molar-refractivity contribution >= 4 is 17.6 Å². The van der Waals surface area contributed by atoms with Crippen molar-refractivity contribution in [3.63, 3.8) is 0 Å². The van der Waals surface area contributed by atoms with Crippen LogP contribution in [0.2, 0.25) is 0 Å². The van der Waals surface area contributed by atoms with Crippen LogP contribution in [0.1, 0.15) is 39.5 Å². The first-order chi connectivity index (χ1) is 6.55. The van der Waals surface area contributed by atoms with E-state index in [2.05, 4.69) is 6.92 Å². The van der Waals surface area contributed by atoms with Gasteiger partial charge in [0, 0.05) is 18.3 Å². The van der Waals surface area contributed by atoms with Crippen molar-refractivity contribution in [3.05, 3.63) is 10.8 Å². The van der Waals surface area contributed by atoms with Crippen LogP contribution in [0.3, 0.4) is 0 Å². The third kappa shape index (κ3) is 1.28. The van der Waals surface area contributed by atoms with E-state index in [4.69, 9.17) is 16.3 Å². The number of rotatable bonds is 1. The molecule has 0 aliphatic heterocycles. The summed E-state index contributed by atoms with van der Waals surface area (Å²) in [7, 11) is 0. The van der Waals surface area contributed by atoms with Crippen LogP contribution in [-0.4, -0.2) is 5.97 Å². The summed E-state index contributed by atoms with van der Waals surface area (Å²) in [5, 5.41) is 0.775. The van der Waals surface area contributed by atoms with Gasteiger partial charge in [-0.3, -0.25) is 4.79 Å². The molecule has 0 spiro atoms. The number of fused-ring (bicyclic) bond motifs is 1. The van der Waals surface area contributed by atoms with Gasteiger partial charge in [0.05, 0.1) is 5.03 Å². The Labute approximate surface area is 89.3 Å². The van der Waals surface area contributed by atoms with Crippen LogP contribution in [0.15, 0.2) is 10.8 Å². The highest BCUT2D eigenvalue weighted by Gasteiger charge is 2.52. The molecule has 0 aromatic carbocycles. The third-order valence-electron chi connectivity index (χ3n) is 3.50. The van der Waals surface area contributed by atoms with Gasteiger partial charge < -0.3 is 4.74 Å². The zero-order valence-electron chi connectivity index (χ0n) is 8.60. The highest BCUT2D eigenvalue weighted by atomic mass is 35.5. The Morgan fingerprint density at radius 3 is 2.93 bits per heavy atom. The number of esters is 1. The molecule has 0 aromatic heterocycles. The summed E-state index contributed by atoms with van der Waals surface area (Å²) in [5.74, 6) is 0.861. The molecule has 2 aliphatic carbocycles. The summed E-state index contributed by atoms with van der Waals surface area (Å²) in [6.45, 7) is 3.60. The normalized spacial score (nSPS) is 36.1. The van der Waals surface area contributed by atoms with Crippen molar-refractivity contribution in [1.29, 1.82) is 0 Å². The summed E-state index contributed by atoms with van der Waals surface area (Å²) >= 11 is 6.18. The minimum absolute atomic E-state index is 0.102. The molecule has 0 radical (unpaired) electrons. The molecule has 0 N–H and O–H groups in total. The lowest BCUT2D eigenvalue weighted by molar-refractivity contribution is -0.140. The predicted molar refractivity (Wildman–Crippen MR) is 54.7 cm³/mol. The Bertz CT molecular complexity index is 308. The largest absolute Gasteiger partial charge is 0.430 e. The number of carbonyl (C=O) groups excluding carboxylic acids is 1. The first-order valence-electron chi connectivity index (χ1n) is 5.14. The maximum atomic E-state index is 10.9. The minimum Gasteiger partial charge on any atom is -0.430 e. The maximum absolute atomic E-state index is 10.9. The lowest BCUT2D eigenvalue weighted by Gasteiger charge is -2.50. The van der Waals surface area contributed by atoms with E-state index < -0.39 is 0 Å². The van der Waals surface area contributed by atoms with Crippen molar-refractivity contribution in [2.75, 3.05) is 0 Å². The molecule has 0 unspecified atom stereocenters. The zero-order valence-corrected chi connectivity index (χ0v) is 9.36. The molecule has 0 aromatic rings. The van der Waals surface area contributed by atoms with Crippen LogP contribution < -0.4 is 0 Å². The molecule has 14 heavy (non-hydrogen) atoms. The monoisotopic (exact) mass is 214 g/mol. The Kier molecular flexibility index (Phi) is 2.34. The fourth-order valence-corrected chi connectivity index (χ4v) is 3.04. The second-order valence-corrected chi connectivity index (χ2v) is 4.87. The Morgan fingerprint density at radius 1 is 1.57 bits per heavy atom. The maximum Gasteiger partial charge on any atom is 0.307 e. The van der Waals surface area contributed by atoms with Crippen molar-refractivity contribution in [3.8, 4) is 0 Å². The van der Waals surface area contributed by atoms with Gasteiger partial charge in [0.15, 0.2) is 0 Å². The van der Waals surface area contributed by atoms with Crippen LogP contribution >= 0.6 is 11.6 Å². The second-order valence-electron chi connectivity index (χ2n) is 4.49. The molecule has 0 saturated heterocycles. The number of hydrogen-bond donors (Lipinski definition) is 0. The number of allylic oxidation sites excluding steroid dienone is 2. The van der Waals surface area contributed by atoms with Gasteiger partial charge in [0.25, 0.3) is 0 Å². The van der Waals surface area contributed by atoms with E-state index in [0.29, 0.717) is 5.92 Å². The molecule has 78 valence electrons. The van der Waals surface area contributed by atoms with Gasteiger partial charge in [0.2, 0.25) is 0 Å². The van der Waals surface area contributed by atoms with Crippen molar-refractivity contribution < 1.29 is 9.53 Å². The lowest BCUT2D eigenvalue weighted by atomic mass is 9.59. The minimum atomic E-state index is -0.259. The van der Waals surface area contributed by atoms with Crippen LogP contribution in [0.5, 0.6) is 0 Å². The molecule has 3 heteroatoms. The van der Waals surface area contributed by atoms with Gasteiger partial charge in [-0.1, -0.05) is 31.4 Å². The Morgan fingerprint density at radius 2 is 2.29 bits per heavy atom. The lowest BCUT2D eigenvalue weighted by Crippen LogP contribution is -2.43. The van der Waals surface area contributed by atoms with E-state index in [0.717, 1.165) is 23.6 Å². The van der Waals surface area contributed by atoms with Crippen molar-refractivity contribution in [2.45, 2.75) is 39.5 Å². The molecule has 2 aliphatic rings. The van der Waals surface area contributed by atoms with Crippen LogP contribution in [0.25, 0.3) is 0 Å². The smallest absolute Gasteiger partial charge is 0.307 e. The molecule has 1 fully saturated rings. The van der Waals surface area contributed by atoms with E-state index in [1.807, 2.05) is 0 Å². The molecule has 0 heterocycles. The molecule has 2 rings (SSSR count). The van der Waals surface area contributed by atoms with Crippen LogP contribution in [-0.2, 0) is 9.53 Å². The molecule has 0 amide bonds. The highest BCUT2D eigenvalue weighted by molar-refractivity contribution is 6.31. The standard InChI is InChI=1S/C11H15ClO2/c1-7(13)14-9-8-5-3-4-6-11(8,2)10(9)12/h8H,3-6H2,1-2H3/t8-,11-/m0/s1. The third-order valence-corrected chi connectivity index (χ3v) is 4.11. The fraction of sp³-hybridized carbons (Fsp3) is 0.727. The van der Waals surface area contributed by atoms with E-state index in [9.17, 15) is 4.79 Å². The summed E-state index contributed by atoms with van der Waals surface area (Å²) in [5.41, 5.74) is 0.102. The first-order valence-corrected chi connectivity index (χ1v) is 5.52. The van der Waals surface area contributed by atoms with E-state index in [-0.39, 0.29) is 11.4 Å². The summed E-state index contributed by atoms with van der Waals surface area (Å²) in [4.78, 5) is 10.9. The molecular formula is C11H15ClO2. The molecule has 1 saturated carbocycles. The Hall–Kier alpha value is -0.500. The highest BCUT2D eigenvalue weighted by Crippen LogP contribution is 2.60. The average molecular weight is 215 g/mol. The quantitative estimate of drug-likeness (QED) is 0.627. The van der Waals surface area contributed by atoms with Gasteiger partial charge in [-0.2, -0.15) is 0 Å². The molecule has 0 bridgehead atoms. The number of halogens is 1. The van der Waals surface area contributed by atoms with E-state index in [1.165, 1.54) is 19.8 Å². The molecule has 2 nitrogen and oxygen atoms in total. The van der Waals surface area contributed by atoms with Crippen molar-refractivity contribution in [1.82, 2.24) is 0 Å². The van der Waals surface area contributed by atoms with Gasteiger partial charge in [-0.15, -0.1) is 0 Å². The number of ether oxygens (including phenoxy) is 1. The fourth-order valence-electron chi connectivity index (χ4n) is 2.64. The zero-order chi connectivity index (χ0) is 10.3. The van der Waals surface area contributed by atoms with Gasteiger partial charge in [-0.05, 0) is 12.8 Å². The van der Waals surface area contributed by atoms with E-state index in [1.54, 1.807) is 0 Å². The first kappa shape index (κ1) is 10.0. The number of hydrogen-bond acceptors (Lipinski definition) is 2. The summed E-state index contributed by atoms with van der Waals surface area (Å²) < 4.78 is 5.14. The predicted octanol–water partition coefficient (Wildman–Crippen LogP) is 3.21. The summed E-state index contributed by atoms with van der Waals surface area (Å²) in [6.07, 6.45) is 4.68. The second kappa shape index (κ2) is 3.27. The van der Waals surface area contributed by atoms with Crippen LogP contribution in [0, 0.1) is 11.3 Å². The summed E-state index contributed by atoms with van der Waals surface area (Å²) in [6, 6.07) is 0. The number of carbonyl (C=O) groups is 1. The van der Waals surface area contributed by atoms with Gasteiger partial charge in [0.1, 0.15) is 5.76 Å². The van der Waals surface area contributed by atoms with Gasteiger partial charge >= 0.3 is 5.97 Å². The van der Waals surface area contributed by atoms with E-state index >= 15 is 0 Å². The van der Waals surface area contributed by atoms with Gasteiger partial charge in [-0.25, -0.2) is 0 Å². The molecule has 2 atom stereocenters. The SMILES string of the molecule is CC(=O)OC1=C(Cl)[C@@]2(C)CCCC[C@@H]12. The van der Waals surface area contributed by atoms with Crippen LogP contribution in [0.4, 0.5) is 0 Å². The topological polar surface area (TPSA) is 26.3 Å². The van der Waals surface area contributed by atoms with Crippen molar-refractivity contribution in [2.24, 2.45) is 11.3 Å². The molecular weight excluding hydrogens is 200 g/mol. The Balaban J connectivity index is 2.21.